The lowest BCUT2D eigenvalue weighted by Crippen LogP contribution is -2.05. The summed E-state index contributed by atoms with van der Waals surface area (Å²) in [5.41, 5.74) is 1.17. The molecule has 2 rings (SSSR count). The van der Waals surface area contributed by atoms with Crippen molar-refractivity contribution in [1.82, 2.24) is 5.32 Å². The third-order valence-corrected chi connectivity index (χ3v) is 4.00. The Morgan fingerprint density at radius 3 is 2.30 bits per heavy atom. The van der Waals surface area contributed by atoms with Crippen molar-refractivity contribution in [2.45, 2.75) is 6.54 Å². The molecular formula is C14H13BrCl3NO. The molecule has 0 aromatic heterocycles. The van der Waals surface area contributed by atoms with Gasteiger partial charge in [0.15, 0.2) is 0 Å². The van der Waals surface area contributed by atoms with Gasteiger partial charge in [-0.15, -0.1) is 12.4 Å². The first-order valence-corrected chi connectivity index (χ1v) is 7.21. The maximum absolute atomic E-state index is 5.95. The normalized spacial score (nSPS) is 10.0. The van der Waals surface area contributed by atoms with Gasteiger partial charge < -0.3 is 10.1 Å². The van der Waals surface area contributed by atoms with E-state index < -0.39 is 0 Å². The fraction of sp³-hybridized carbons (Fsp3) is 0.143. The van der Waals surface area contributed by atoms with E-state index in [2.05, 4.69) is 21.2 Å². The summed E-state index contributed by atoms with van der Waals surface area (Å²) in [6.45, 7) is 0.799. The van der Waals surface area contributed by atoms with E-state index in [1.54, 1.807) is 18.2 Å². The molecule has 0 amide bonds. The van der Waals surface area contributed by atoms with Crippen LogP contribution in [0, 0.1) is 0 Å². The second-order valence-electron chi connectivity index (χ2n) is 3.96. The lowest BCUT2D eigenvalue weighted by molar-refractivity contribution is 0.482. The Bertz CT molecular complexity index is 593. The zero-order chi connectivity index (χ0) is 13.8. The van der Waals surface area contributed by atoms with Gasteiger partial charge in [-0.3, -0.25) is 0 Å². The van der Waals surface area contributed by atoms with E-state index >= 15 is 0 Å². The van der Waals surface area contributed by atoms with Gasteiger partial charge in [0.2, 0.25) is 0 Å². The van der Waals surface area contributed by atoms with E-state index in [1.165, 1.54) is 5.56 Å². The number of nitrogens with one attached hydrogen (secondary N) is 1. The summed E-state index contributed by atoms with van der Waals surface area (Å²) in [7, 11) is 1.91. The van der Waals surface area contributed by atoms with Crippen LogP contribution in [-0.4, -0.2) is 7.05 Å². The predicted octanol–water partition coefficient (Wildman–Crippen LogP) is 5.69. The van der Waals surface area contributed by atoms with Gasteiger partial charge >= 0.3 is 0 Å². The standard InChI is InChI=1S/C14H12BrCl2NO.ClH/c1-18-8-9-2-3-10(6-12(9)15)19-11-4-5-13(16)14(17)7-11;/h2-7,18H,8H2,1H3;1H. The Hall–Kier alpha value is -0.450. The minimum absolute atomic E-state index is 0. The fourth-order valence-electron chi connectivity index (χ4n) is 1.60. The molecule has 0 bridgehead atoms. The first kappa shape index (κ1) is 17.6. The van der Waals surface area contributed by atoms with Crippen molar-refractivity contribution in [2.75, 3.05) is 7.05 Å². The molecule has 20 heavy (non-hydrogen) atoms. The van der Waals surface area contributed by atoms with Crippen LogP contribution in [0.5, 0.6) is 11.5 Å². The molecule has 0 aliphatic rings. The topological polar surface area (TPSA) is 21.3 Å². The molecular weight excluding hydrogens is 384 g/mol. The minimum atomic E-state index is 0. The summed E-state index contributed by atoms with van der Waals surface area (Å²) >= 11 is 15.3. The first-order chi connectivity index (χ1) is 9.10. The smallest absolute Gasteiger partial charge is 0.129 e. The Balaban J connectivity index is 0.00000200. The van der Waals surface area contributed by atoms with Crippen molar-refractivity contribution >= 4 is 51.5 Å². The highest BCUT2D eigenvalue weighted by molar-refractivity contribution is 9.10. The number of ether oxygens (including phenoxy) is 1. The largest absolute Gasteiger partial charge is 0.457 e. The second-order valence-corrected chi connectivity index (χ2v) is 5.63. The number of hydrogen-bond acceptors (Lipinski definition) is 2. The maximum Gasteiger partial charge on any atom is 0.129 e. The SMILES string of the molecule is CNCc1ccc(Oc2ccc(Cl)c(Cl)c2)cc1Br.Cl. The highest BCUT2D eigenvalue weighted by Gasteiger charge is 2.04. The highest BCUT2D eigenvalue weighted by Crippen LogP contribution is 2.31. The Morgan fingerprint density at radius 2 is 1.70 bits per heavy atom. The highest BCUT2D eigenvalue weighted by atomic mass is 79.9. The van der Waals surface area contributed by atoms with Crippen LogP contribution in [0.15, 0.2) is 40.9 Å². The minimum Gasteiger partial charge on any atom is -0.457 e. The zero-order valence-electron chi connectivity index (χ0n) is 10.6. The van der Waals surface area contributed by atoms with E-state index in [4.69, 9.17) is 27.9 Å². The van der Waals surface area contributed by atoms with Crippen LogP contribution < -0.4 is 10.1 Å². The summed E-state index contributed by atoms with van der Waals surface area (Å²) < 4.78 is 6.73. The van der Waals surface area contributed by atoms with Gasteiger partial charge in [0.05, 0.1) is 10.0 Å². The van der Waals surface area contributed by atoms with Crippen molar-refractivity contribution in [3.63, 3.8) is 0 Å². The van der Waals surface area contributed by atoms with Crippen LogP contribution >= 0.6 is 51.5 Å². The number of benzene rings is 2. The monoisotopic (exact) mass is 395 g/mol. The molecule has 0 unspecified atom stereocenters. The van der Waals surface area contributed by atoms with Gasteiger partial charge in [-0.25, -0.2) is 0 Å². The molecule has 2 aromatic rings. The molecule has 2 aromatic carbocycles. The molecule has 0 saturated carbocycles. The van der Waals surface area contributed by atoms with Crippen molar-refractivity contribution in [3.05, 3.63) is 56.5 Å². The van der Waals surface area contributed by atoms with Gasteiger partial charge in [0, 0.05) is 17.1 Å². The third kappa shape index (κ3) is 4.54. The van der Waals surface area contributed by atoms with Crippen molar-refractivity contribution in [3.8, 4) is 11.5 Å². The molecule has 0 heterocycles. The van der Waals surface area contributed by atoms with Crippen LogP contribution in [0.3, 0.4) is 0 Å². The maximum atomic E-state index is 5.95. The van der Waals surface area contributed by atoms with E-state index in [9.17, 15) is 0 Å². The van der Waals surface area contributed by atoms with Crippen LogP contribution in [0.2, 0.25) is 10.0 Å². The number of hydrogen-bond donors (Lipinski definition) is 1. The fourth-order valence-corrected chi connectivity index (χ4v) is 2.39. The molecule has 0 atom stereocenters. The summed E-state index contributed by atoms with van der Waals surface area (Å²) in [4.78, 5) is 0. The molecule has 0 saturated heterocycles. The van der Waals surface area contributed by atoms with E-state index in [1.807, 2.05) is 25.2 Å². The van der Waals surface area contributed by atoms with Crippen molar-refractivity contribution < 1.29 is 4.74 Å². The Kier molecular flexibility index (Phi) is 7.13. The van der Waals surface area contributed by atoms with Gasteiger partial charge in [0.25, 0.3) is 0 Å². The molecule has 108 valence electrons. The quantitative estimate of drug-likeness (QED) is 0.716. The number of halogens is 4. The van der Waals surface area contributed by atoms with Crippen LogP contribution in [-0.2, 0) is 6.54 Å². The van der Waals surface area contributed by atoms with E-state index in [-0.39, 0.29) is 12.4 Å². The lowest BCUT2D eigenvalue weighted by Gasteiger charge is -2.09. The Labute approximate surface area is 143 Å². The first-order valence-electron chi connectivity index (χ1n) is 5.66. The van der Waals surface area contributed by atoms with Crippen molar-refractivity contribution in [2.24, 2.45) is 0 Å². The van der Waals surface area contributed by atoms with Crippen LogP contribution in [0.4, 0.5) is 0 Å². The summed E-state index contributed by atoms with van der Waals surface area (Å²) in [5, 5.41) is 4.10. The molecule has 0 spiro atoms. The van der Waals surface area contributed by atoms with E-state index in [0.29, 0.717) is 15.8 Å². The molecule has 0 aliphatic carbocycles. The predicted molar refractivity (Wildman–Crippen MR) is 90.7 cm³/mol. The van der Waals surface area contributed by atoms with Crippen LogP contribution in [0.1, 0.15) is 5.56 Å². The van der Waals surface area contributed by atoms with Gasteiger partial charge in [0.1, 0.15) is 11.5 Å². The lowest BCUT2D eigenvalue weighted by atomic mass is 10.2. The molecule has 0 aliphatic heterocycles. The summed E-state index contributed by atoms with van der Waals surface area (Å²) in [5.74, 6) is 1.40. The second kappa shape index (κ2) is 8.11. The molecule has 0 radical (unpaired) electrons. The van der Waals surface area contributed by atoms with Crippen LogP contribution in [0.25, 0.3) is 0 Å². The summed E-state index contributed by atoms with van der Waals surface area (Å²) in [6, 6.07) is 11.0. The molecule has 0 fully saturated rings. The van der Waals surface area contributed by atoms with Gasteiger partial charge in [-0.2, -0.15) is 0 Å². The molecule has 2 nitrogen and oxygen atoms in total. The number of rotatable bonds is 4. The van der Waals surface area contributed by atoms with Gasteiger partial charge in [-0.05, 0) is 36.9 Å². The third-order valence-electron chi connectivity index (χ3n) is 2.52. The van der Waals surface area contributed by atoms with Crippen molar-refractivity contribution in [1.29, 1.82) is 0 Å². The average Bonchev–Trinajstić information content (AvgIpc) is 2.37. The van der Waals surface area contributed by atoms with E-state index in [0.717, 1.165) is 16.8 Å². The summed E-state index contributed by atoms with van der Waals surface area (Å²) in [6.07, 6.45) is 0. The Morgan fingerprint density at radius 1 is 1.05 bits per heavy atom. The molecule has 1 N–H and O–H groups in total. The average molecular weight is 398 g/mol. The van der Waals surface area contributed by atoms with Gasteiger partial charge in [-0.1, -0.05) is 45.2 Å². The zero-order valence-corrected chi connectivity index (χ0v) is 14.5. The molecule has 6 heteroatoms.